The molecule has 0 aromatic rings. The zero-order valence-corrected chi connectivity index (χ0v) is 12.0. The van der Waals surface area contributed by atoms with Gasteiger partial charge in [0.05, 0.1) is 5.92 Å². The van der Waals surface area contributed by atoms with Gasteiger partial charge in [0.25, 0.3) is 0 Å². The molecule has 100 valence electrons. The van der Waals surface area contributed by atoms with Crippen LogP contribution in [-0.2, 0) is 9.53 Å². The molecule has 2 aliphatic rings. The summed E-state index contributed by atoms with van der Waals surface area (Å²) in [4.78, 5) is 12.0. The highest BCUT2D eigenvalue weighted by molar-refractivity contribution is 5.85. The molecule has 2 nitrogen and oxygen atoms in total. The Hall–Kier alpha value is -0.240. The van der Waals surface area contributed by atoms with Crippen LogP contribution < -0.4 is 0 Å². The maximum atomic E-state index is 12.0. The summed E-state index contributed by atoms with van der Waals surface area (Å²) in [7, 11) is 0. The lowest BCUT2D eigenvalue weighted by molar-refractivity contribution is -0.162. The summed E-state index contributed by atoms with van der Waals surface area (Å²) in [6.45, 7) is 5.86. The van der Waals surface area contributed by atoms with E-state index >= 15 is 0 Å². The van der Waals surface area contributed by atoms with Crippen molar-refractivity contribution in [1.29, 1.82) is 0 Å². The first-order valence-electron chi connectivity index (χ1n) is 6.67. The van der Waals surface area contributed by atoms with E-state index in [4.69, 9.17) is 4.74 Å². The number of carbonyl (C=O) groups is 1. The molecule has 0 aromatic heterocycles. The van der Waals surface area contributed by atoms with E-state index in [0.29, 0.717) is 0 Å². The molecule has 2 bridgehead atoms. The number of hydrogen-bond acceptors (Lipinski definition) is 2. The minimum atomic E-state index is -0.330. The van der Waals surface area contributed by atoms with E-state index in [1.165, 1.54) is 25.7 Å². The summed E-state index contributed by atoms with van der Waals surface area (Å²) in [5.74, 6) is 1.82. The first-order chi connectivity index (χ1) is 7.44. The van der Waals surface area contributed by atoms with Gasteiger partial charge in [-0.05, 0) is 51.9 Å². The Balaban J connectivity index is 0.00000144. The Morgan fingerprint density at radius 1 is 1.06 bits per heavy atom. The van der Waals surface area contributed by atoms with Crippen LogP contribution in [0.25, 0.3) is 0 Å². The second-order valence-electron chi connectivity index (χ2n) is 6.60. The number of ether oxygens (including phenoxy) is 1. The Morgan fingerprint density at radius 3 is 2.06 bits per heavy atom. The number of halogens is 1. The van der Waals surface area contributed by atoms with Crippen LogP contribution in [0.15, 0.2) is 0 Å². The molecule has 2 aliphatic carbocycles. The molecular weight excluding hydrogens is 236 g/mol. The van der Waals surface area contributed by atoms with E-state index in [2.05, 4.69) is 0 Å². The molecule has 0 heterocycles. The van der Waals surface area contributed by atoms with Crippen molar-refractivity contribution in [3.8, 4) is 0 Å². The lowest BCUT2D eigenvalue weighted by atomic mass is 9.68. The van der Waals surface area contributed by atoms with Gasteiger partial charge in [0, 0.05) is 0 Å². The summed E-state index contributed by atoms with van der Waals surface area (Å²) < 4.78 is 5.50. The van der Waals surface area contributed by atoms with Gasteiger partial charge in [0.15, 0.2) is 0 Å². The van der Waals surface area contributed by atoms with Gasteiger partial charge < -0.3 is 4.74 Å². The van der Waals surface area contributed by atoms with Crippen molar-refractivity contribution in [2.75, 3.05) is 0 Å². The lowest BCUT2D eigenvalue weighted by Crippen LogP contribution is -2.35. The lowest BCUT2D eigenvalue weighted by Gasteiger charge is -2.38. The Labute approximate surface area is 111 Å². The zero-order chi connectivity index (χ0) is 11.8. The van der Waals surface area contributed by atoms with Crippen LogP contribution in [0.5, 0.6) is 0 Å². The highest BCUT2D eigenvalue weighted by atomic mass is 35.5. The van der Waals surface area contributed by atoms with E-state index in [1.807, 2.05) is 20.8 Å². The van der Waals surface area contributed by atoms with Gasteiger partial charge in [0.2, 0.25) is 0 Å². The van der Waals surface area contributed by atoms with Crippen LogP contribution in [0.4, 0.5) is 0 Å². The van der Waals surface area contributed by atoms with Gasteiger partial charge in [-0.2, -0.15) is 0 Å². The van der Waals surface area contributed by atoms with Crippen LogP contribution in [0.1, 0.15) is 59.3 Å². The van der Waals surface area contributed by atoms with Gasteiger partial charge in [0.1, 0.15) is 5.60 Å². The normalized spacial score (nSPS) is 32.5. The molecule has 0 aromatic carbocycles. The van der Waals surface area contributed by atoms with Crippen molar-refractivity contribution in [3.63, 3.8) is 0 Å². The predicted octanol–water partition coefficient (Wildman–Crippen LogP) is 3.97. The third-order valence-electron chi connectivity index (χ3n) is 3.87. The average Bonchev–Trinajstić information content (AvgIpc) is 2.14. The summed E-state index contributed by atoms with van der Waals surface area (Å²) >= 11 is 0. The zero-order valence-electron chi connectivity index (χ0n) is 11.2. The molecule has 0 amide bonds. The molecule has 0 radical (unpaired) electrons. The van der Waals surface area contributed by atoms with Crippen molar-refractivity contribution >= 4 is 18.4 Å². The molecule has 2 atom stereocenters. The Bertz CT molecular complexity index is 258. The summed E-state index contributed by atoms with van der Waals surface area (Å²) in [6, 6.07) is 0. The number of carbonyl (C=O) groups excluding carboxylic acids is 1. The smallest absolute Gasteiger partial charge is 0.309 e. The first kappa shape index (κ1) is 14.8. The number of fused-ring (bicyclic) bond motifs is 2. The Morgan fingerprint density at radius 2 is 1.59 bits per heavy atom. The molecule has 0 aliphatic heterocycles. The second kappa shape index (κ2) is 5.60. The van der Waals surface area contributed by atoms with Crippen LogP contribution in [0.3, 0.4) is 0 Å². The fourth-order valence-corrected chi connectivity index (χ4v) is 3.31. The average molecular weight is 261 g/mol. The fourth-order valence-electron chi connectivity index (χ4n) is 3.31. The largest absolute Gasteiger partial charge is 0.460 e. The third-order valence-corrected chi connectivity index (χ3v) is 3.87. The SMILES string of the molecule is CC(C)(C)OC(=O)C1CC2CCCC(C2)C1.Cl. The van der Waals surface area contributed by atoms with E-state index in [9.17, 15) is 4.79 Å². The molecule has 0 N–H and O–H groups in total. The van der Waals surface area contributed by atoms with Crippen molar-refractivity contribution in [3.05, 3.63) is 0 Å². The number of esters is 1. The number of rotatable bonds is 1. The molecular formula is C14H25ClO2. The monoisotopic (exact) mass is 260 g/mol. The molecule has 3 heteroatoms. The van der Waals surface area contributed by atoms with E-state index in [0.717, 1.165) is 24.7 Å². The second-order valence-corrected chi connectivity index (χ2v) is 6.60. The molecule has 2 rings (SSSR count). The summed E-state index contributed by atoms with van der Waals surface area (Å²) in [5, 5.41) is 0. The van der Waals surface area contributed by atoms with Gasteiger partial charge >= 0.3 is 5.97 Å². The summed E-state index contributed by atoms with van der Waals surface area (Å²) in [6.07, 6.45) is 7.54. The standard InChI is InChI=1S/C14H24O2.ClH/c1-14(2,3)16-13(15)12-8-10-5-4-6-11(7-10)9-12;/h10-12H,4-9H2,1-3H3;1H. The number of hydrogen-bond donors (Lipinski definition) is 0. The fraction of sp³-hybridized carbons (Fsp3) is 0.929. The Kier molecular flexibility index (Phi) is 4.88. The van der Waals surface area contributed by atoms with Crippen molar-refractivity contribution in [2.24, 2.45) is 17.8 Å². The molecule has 2 saturated carbocycles. The van der Waals surface area contributed by atoms with Crippen LogP contribution in [0, 0.1) is 17.8 Å². The van der Waals surface area contributed by atoms with Crippen molar-refractivity contribution in [2.45, 2.75) is 64.9 Å². The molecule has 17 heavy (non-hydrogen) atoms. The summed E-state index contributed by atoms with van der Waals surface area (Å²) in [5.41, 5.74) is -0.330. The molecule has 0 saturated heterocycles. The highest BCUT2D eigenvalue weighted by Crippen LogP contribution is 2.43. The minimum Gasteiger partial charge on any atom is -0.460 e. The van der Waals surface area contributed by atoms with E-state index < -0.39 is 0 Å². The minimum absolute atomic E-state index is 0. The van der Waals surface area contributed by atoms with Crippen molar-refractivity contribution < 1.29 is 9.53 Å². The maximum Gasteiger partial charge on any atom is 0.309 e. The van der Waals surface area contributed by atoms with Crippen LogP contribution in [-0.4, -0.2) is 11.6 Å². The van der Waals surface area contributed by atoms with Gasteiger partial charge in [-0.1, -0.05) is 19.3 Å². The molecule has 0 spiro atoms. The van der Waals surface area contributed by atoms with Gasteiger partial charge in [-0.3, -0.25) is 4.79 Å². The first-order valence-corrected chi connectivity index (χ1v) is 6.67. The van der Waals surface area contributed by atoms with Gasteiger partial charge in [-0.15, -0.1) is 12.4 Å². The predicted molar refractivity (Wildman–Crippen MR) is 71.3 cm³/mol. The topological polar surface area (TPSA) is 26.3 Å². The van der Waals surface area contributed by atoms with Crippen molar-refractivity contribution in [1.82, 2.24) is 0 Å². The van der Waals surface area contributed by atoms with Gasteiger partial charge in [-0.25, -0.2) is 0 Å². The third kappa shape index (κ3) is 4.17. The van der Waals surface area contributed by atoms with E-state index in [-0.39, 0.29) is 29.9 Å². The van der Waals surface area contributed by atoms with E-state index in [1.54, 1.807) is 0 Å². The molecule has 2 unspecified atom stereocenters. The maximum absolute atomic E-state index is 12.0. The van der Waals surface area contributed by atoms with Crippen LogP contribution in [0.2, 0.25) is 0 Å². The highest BCUT2D eigenvalue weighted by Gasteiger charge is 2.36. The van der Waals surface area contributed by atoms with Crippen LogP contribution >= 0.6 is 12.4 Å². The molecule has 2 fully saturated rings. The quantitative estimate of drug-likeness (QED) is 0.667.